The molecule has 1 unspecified atom stereocenters. The van der Waals surface area contributed by atoms with Gasteiger partial charge in [0.05, 0.1) is 12.8 Å². The summed E-state index contributed by atoms with van der Waals surface area (Å²) >= 11 is 0. The van der Waals surface area contributed by atoms with Crippen molar-refractivity contribution in [3.05, 3.63) is 71.8 Å². The van der Waals surface area contributed by atoms with Gasteiger partial charge in [0.2, 0.25) is 0 Å². The van der Waals surface area contributed by atoms with E-state index in [1.54, 1.807) is 0 Å². The van der Waals surface area contributed by atoms with Crippen LogP contribution in [0.5, 0.6) is 0 Å². The minimum absolute atomic E-state index is 0.0451. The van der Waals surface area contributed by atoms with E-state index >= 15 is 0 Å². The lowest BCUT2D eigenvalue weighted by molar-refractivity contribution is 0.00250. The van der Waals surface area contributed by atoms with Crippen LogP contribution in [-0.4, -0.2) is 53.9 Å². The van der Waals surface area contributed by atoms with E-state index in [4.69, 9.17) is 0 Å². The summed E-state index contributed by atoms with van der Waals surface area (Å²) in [6, 6.07) is 21.0. The monoisotopic (exact) mass is 355 g/mol. The molecular weight excluding hydrogens is 322 g/mol. The van der Waals surface area contributed by atoms with E-state index in [0.717, 1.165) is 39.3 Å². The standard InChI is InChI=1S/C22H33N3O/c1-3-24(4-2)22(19-26)25(18-21-13-9-6-10-14-21)16-15-23-17-20-11-7-5-8-12-20/h5-14,22-23,26H,3-4,15-19H2,1-2H3. The molecule has 0 saturated heterocycles. The largest absolute Gasteiger partial charge is 0.393 e. The molecule has 0 bridgehead atoms. The third-order valence-corrected chi connectivity index (χ3v) is 4.79. The molecule has 0 saturated carbocycles. The molecule has 0 spiro atoms. The Kier molecular flexibility index (Phi) is 9.35. The number of rotatable bonds is 12. The fraction of sp³-hybridized carbons (Fsp3) is 0.455. The Balaban J connectivity index is 1.97. The maximum Gasteiger partial charge on any atom is 0.0864 e. The summed E-state index contributed by atoms with van der Waals surface area (Å²) in [5.74, 6) is 0. The van der Waals surface area contributed by atoms with Crippen molar-refractivity contribution in [2.24, 2.45) is 0 Å². The van der Waals surface area contributed by atoms with Crippen molar-refractivity contribution in [1.82, 2.24) is 15.1 Å². The maximum atomic E-state index is 10.0. The first-order valence-electron chi connectivity index (χ1n) is 9.66. The summed E-state index contributed by atoms with van der Waals surface area (Å²) in [5.41, 5.74) is 2.57. The average molecular weight is 356 g/mol. The number of aliphatic hydroxyl groups is 1. The minimum Gasteiger partial charge on any atom is -0.393 e. The van der Waals surface area contributed by atoms with Gasteiger partial charge in [-0.05, 0) is 24.2 Å². The second kappa shape index (κ2) is 11.8. The summed E-state index contributed by atoms with van der Waals surface area (Å²) in [6.45, 7) is 9.82. The van der Waals surface area contributed by atoms with E-state index in [1.165, 1.54) is 11.1 Å². The Bertz CT molecular complexity index is 587. The van der Waals surface area contributed by atoms with Crippen molar-refractivity contribution in [1.29, 1.82) is 0 Å². The van der Waals surface area contributed by atoms with Gasteiger partial charge in [-0.15, -0.1) is 0 Å². The quantitative estimate of drug-likeness (QED) is 0.454. The summed E-state index contributed by atoms with van der Waals surface area (Å²) in [4.78, 5) is 4.69. The first-order chi connectivity index (χ1) is 12.8. The molecule has 0 radical (unpaired) electrons. The Labute approximate surface area is 158 Å². The van der Waals surface area contributed by atoms with E-state index in [0.29, 0.717) is 0 Å². The topological polar surface area (TPSA) is 38.7 Å². The Morgan fingerprint density at radius 1 is 0.846 bits per heavy atom. The molecule has 0 fully saturated rings. The van der Waals surface area contributed by atoms with Gasteiger partial charge in [-0.2, -0.15) is 0 Å². The Hall–Kier alpha value is -1.72. The molecule has 142 valence electrons. The lowest BCUT2D eigenvalue weighted by atomic mass is 10.2. The fourth-order valence-corrected chi connectivity index (χ4v) is 3.31. The molecule has 2 N–H and O–H groups in total. The van der Waals surface area contributed by atoms with Gasteiger partial charge in [0.1, 0.15) is 0 Å². The molecule has 0 aliphatic rings. The third-order valence-electron chi connectivity index (χ3n) is 4.79. The molecule has 4 heteroatoms. The van der Waals surface area contributed by atoms with E-state index in [1.807, 2.05) is 12.1 Å². The highest BCUT2D eigenvalue weighted by Gasteiger charge is 2.22. The SMILES string of the molecule is CCN(CC)C(CO)N(CCNCc1ccccc1)Cc1ccccc1. The van der Waals surface area contributed by atoms with Crippen LogP contribution in [0.15, 0.2) is 60.7 Å². The van der Waals surface area contributed by atoms with Crippen LogP contribution in [-0.2, 0) is 13.1 Å². The molecule has 2 aromatic carbocycles. The lowest BCUT2D eigenvalue weighted by Crippen LogP contribution is -2.51. The molecule has 2 rings (SSSR count). The van der Waals surface area contributed by atoms with Crippen LogP contribution in [0.2, 0.25) is 0 Å². The highest BCUT2D eigenvalue weighted by atomic mass is 16.3. The number of hydrogen-bond acceptors (Lipinski definition) is 4. The predicted molar refractivity (Wildman–Crippen MR) is 109 cm³/mol. The zero-order valence-corrected chi connectivity index (χ0v) is 16.1. The second-order valence-electron chi connectivity index (χ2n) is 6.50. The highest BCUT2D eigenvalue weighted by molar-refractivity contribution is 5.15. The van der Waals surface area contributed by atoms with E-state index in [2.05, 4.69) is 77.5 Å². The van der Waals surface area contributed by atoms with Gasteiger partial charge >= 0.3 is 0 Å². The van der Waals surface area contributed by atoms with Crippen molar-refractivity contribution in [2.75, 3.05) is 32.8 Å². The smallest absolute Gasteiger partial charge is 0.0864 e. The van der Waals surface area contributed by atoms with Crippen LogP contribution in [0.4, 0.5) is 0 Å². The second-order valence-corrected chi connectivity index (χ2v) is 6.50. The first-order valence-corrected chi connectivity index (χ1v) is 9.66. The average Bonchev–Trinajstić information content (AvgIpc) is 2.70. The highest BCUT2D eigenvalue weighted by Crippen LogP contribution is 2.11. The molecule has 1 atom stereocenters. The van der Waals surface area contributed by atoms with Crippen molar-refractivity contribution in [2.45, 2.75) is 33.1 Å². The normalized spacial score (nSPS) is 12.7. The van der Waals surface area contributed by atoms with Gasteiger partial charge in [0, 0.05) is 26.2 Å². The number of hydrogen-bond donors (Lipinski definition) is 2. The Morgan fingerprint density at radius 3 is 1.96 bits per heavy atom. The zero-order valence-electron chi connectivity index (χ0n) is 16.1. The van der Waals surface area contributed by atoms with Crippen LogP contribution >= 0.6 is 0 Å². The van der Waals surface area contributed by atoms with E-state index in [-0.39, 0.29) is 12.8 Å². The van der Waals surface area contributed by atoms with Crippen LogP contribution < -0.4 is 5.32 Å². The summed E-state index contributed by atoms with van der Waals surface area (Å²) in [7, 11) is 0. The Morgan fingerprint density at radius 2 is 1.42 bits per heavy atom. The zero-order chi connectivity index (χ0) is 18.6. The third kappa shape index (κ3) is 6.54. The molecule has 26 heavy (non-hydrogen) atoms. The molecule has 0 amide bonds. The van der Waals surface area contributed by atoms with Crippen LogP contribution in [0.3, 0.4) is 0 Å². The van der Waals surface area contributed by atoms with E-state index in [9.17, 15) is 5.11 Å². The van der Waals surface area contributed by atoms with Gasteiger partial charge in [-0.3, -0.25) is 9.80 Å². The van der Waals surface area contributed by atoms with Gasteiger partial charge in [0.25, 0.3) is 0 Å². The number of nitrogens with one attached hydrogen (secondary N) is 1. The molecule has 0 aromatic heterocycles. The first kappa shape index (κ1) is 20.6. The van der Waals surface area contributed by atoms with Gasteiger partial charge < -0.3 is 10.4 Å². The van der Waals surface area contributed by atoms with E-state index < -0.39 is 0 Å². The van der Waals surface area contributed by atoms with Gasteiger partial charge in [-0.1, -0.05) is 74.5 Å². The molecule has 4 nitrogen and oxygen atoms in total. The molecule has 2 aromatic rings. The molecule has 0 aliphatic carbocycles. The predicted octanol–water partition coefficient (Wildman–Crippen LogP) is 2.94. The number of nitrogens with zero attached hydrogens (tertiary/aromatic N) is 2. The number of benzene rings is 2. The molecule has 0 heterocycles. The molecule has 0 aliphatic heterocycles. The van der Waals surface area contributed by atoms with Crippen molar-refractivity contribution >= 4 is 0 Å². The maximum absolute atomic E-state index is 10.0. The fourth-order valence-electron chi connectivity index (χ4n) is 3.31. The van der Waals surface area contributed by atoms with Crippen molar-refractivity contribution < 1.29 is 5.11 Å². The van der Waals surface area contributed by atoms with Gasteiger partial charge in [-0.25, -0.2) is 0 Å². The summed E-state index contributed by atoms with van der Waals surface area (Å²) in [6.07, 6.45) is 0.0451. The lowest BCUT2D eigenvalue weighted by Gasteiger charge is -2.38. The summed E-state index contributed by atoms with van der Waals surface area (Å²) < 4.78 is 0. The van der Waals surface area contributed by atoms with Crippen molar-refractivity contribution in [3.63, 3.8) is 0 Å². The number of likely N-dealkylation sites (N-methyl/N-ethyl adjacent to an activating group) is 1. The minimum atomic E-state index is 0.0451. The summed E-state index contributed by atoms with van der Waals surface area (Å²) in [5, 5.41) is 13.6. The van der Waals surface area contributed by atoms with Crippen LogP contribution in [0, 0.1) is 0 Å². The molecular formula is C22H33N3O. The van der Waals surface area contributed by atoms with Crippen LogP contribution in [0.1, 0.15) is 25.0 Å². The number of aliphatic hydroxyl groups excluding tert-OH is 1. The van der Waals surface area contributed by atoms with Crippen molar-refractivity contribution in [3.8, 4) is 0 Å². The van der Waals surface area contributed by atoms with Crippen LogP contribution in [0.25, 0.3) is 0 Å². The van der Waals surface area contributed by atoms with Gasteiger partial charge in [0.15, 0.2) is 0 Å².